The highest BCUT2D eigenvalue weighted by Crippen LogP contribution is 2.71. The molecule has 204 valence electrons. The van der Waals surface area contributed by atoms with Crippen LogP contribution in [-0.2, 0) is 16.6 Å². The van der Waals surface area contributed by atoms with Crippen LogP contribution in [0, 0.1) is 11.3 Å². The predicted molar refractivity (Wildman–Crippen MR) is 145 cm³/mol. The van der Waals surface area contributed by atoms with Crippen LogP contribution in [0.5, 0.6) is 11.5 Å². The smallest absolute Gasteiger partial charge is 0.237 e. The Bertz CT molecular complexity index is 1170. The van der Waals surface area contributed by atoms with Crippen LogP contribution in [-0.4, -0.2) is 84.2 Å². The molecule has 1 amide bonds. The molecule has 6 aliphatic heterocycles. The van der Waals surface area contributed by atoms with Crippen molar-refractivity contribution >= 4 is 5.91 Å². The van der Waals surface area contributed by atoms with E-state index in [0.29, 0.717) is 30.6 Å². The zero-order chi connectivity index (χ0) is 25.2. The summed E-state index contributed by atoms with van der Waals surface area (Å²) in [6.45, 7) is 3.99. The number of hydrogen-bond donors (Lipinski definition) is 0. The second kappa shape index (κ2) is 7.90. The molecule has 6 bridgehead atoms. The Morgan fingerprint density at radius 1 is 1.03 bits per heavy atom. The summed E-state index contributed by atoms with van der Waals surface area (Å²) in [6, 6.07) is 6.51. The van der Waals surface area contributed by atoms with Crippen LogP contribution in [0.25, 0.3) is 0 Å². The second-order valence-electron chi connectivity index (χ2n) is 14.1. The molecule has 2 unspecified atom stereocenters. The van der Waals surface area contributed by atoms with Crippen molar-refractivity contribution < 1.29 is 14.3 Å². The number of fused-ring (bicyclic) bond motifs is 5. The monoisotopic (exact) mass is 517 g/mol. The molecule has 6 heteroatoms. The number of hydrogen-bond acceptors (Lipinski definition) is 5. The molecule has 0 aromatic heterocycles. The minimum atomic E-state index is 0.0251. The number of carbonyl (C=O) groups is 1. The lowest BCUT2D eigenvalue weighted by Crippen LogP contribution is -2.73. The maximum absolute atomic E-state index is 14.2. The zero-order valence-electron chi connectivity index (χ0n) is 23.0. The van der Waals surface area contributed by atoms with Gasteiger partial charge < -0.3 is 14.4 Å². The van der Waals surface area contributed by atoms with Crippen molar-refractivity contribution in [2.45, 2.75) is 113 Å². The van der Waals surface area contributed by atoms with Gasteiger partial charge in [0.05, 0.1) is 19.7 Å². The van der Waals surface area contributed by atoms with Crippen molar-refractivity contribution in [3.63, 3.8) is 0 Å². The fourth-order valence-electron chi connectivity index (χ4n) is 11.2. The van der Waals surface area contributed by atoms with Crippen LogP contribution < -0.4 is 9.47 Å². The van der Waals surface area contributed by atoms with Crippen molar-refractivity contribution in [2.75, 3.05) is 33.3 Å². The third-order valence-corrected chi connectivity index (χ3v) is 12.9. The Morgan fingerprint density at radius 3 is 2.66 bits per heavy atom. The molecule has 2 spiro atoms. The van der Waals surface area contributed by atoms with Crippen molar-refractivity contribution in [1.82, 2.24) is 14.7 Å². The summed E-state index contributed by atoms with van der Waals surface area (Å²) in [6.07, 6.45) is 15.1. The minimum absolute atomic E-state index is 0.0251. The number of likely N-dealkylation sites (tertiary alicyclic amines) is 1. The van der Waals surface area contributed by atoms with Crippen LogP contribution >= 0.6 is 0 Å². The first-order valence-electron chi connectivity index (χ1n) is 15.8. The van der Waals surface area contributed by atoms with Crippen molar-refractivity contribution in [2.24, 2.45) is 11.3 Å². The first kappa shape index (κ1) is 23.0. The molecular formula is C32H43N3O3. The van der Waals surface area contributed by atoms with E-state index in [1.165, 1.54) is 82.0 Å². The predicted octanol–water partition coefficient (Wildman–Crippen LogP) is 4.13. The molecule has 5 saturated heterocycles. The van der Waals surface area contributed by atoms with Gasteiger partial charge in [-0.05, 0) is 94.7 Å². The molecule has 1 aromatic carbocycles. The summed E-state index contributed by atoms with van der Waals surface area (Å²) in [7, 11) is 1.78. The summed E-state index contributed by atoms with van der Waals surface area (Å²) in [5, 5.41) is 0. The van der Waals surface area contributed by atoms with E-state index < -0.39 is 0 Å². The molecule has 2 saturated carbocycles. The van der Waals surface area contributed by atoms with E-state index >= 15 is 0 Å². The summed E-state index contributed by atoms with van der Waals surface area (Å²) in [5.74, 6) is 3.19. The Morgan fingerprint density at radius 2 is 1.87 bits per heavy atom. The van der Waals surface area contributed by atoms with E-state index in [1.807, 2.05) is 0 Å². The summed E-state index contributed by atoms with van der Waals surface area (Å²) >= 11 is 0. The average Bonchev–Trinajstić information content (AvgIpc) is 3.69. The third kappa shape index (κ3) is 2.79. The largest absolute Gasteiger partial charge is 0.493 e. The number of piperidine rings is 2. The van der Waals surface area contributed by atoms with E-state index in [2.05, 4.69) is 26.8 Å². The minimum Gasteiger partial charge on any atom is -0.493 e. The average molecular weight is 518 g/mol. The highest BCUT2D eigenvalue weighted by molar-refractivity contribution is 5.79. The van der Waals surface area contributed by atoms with Gasteiger partial charge in [0.1, 0.15) is 6.10 Å². The van der Waals surface area contributed by atoms with Crippen LogP contribution in [0.4, 0.5) is 0 Å². The van der Waals surface area contributed by atoms with Gasteiger partial charge in [0.2, 0.25) is 5.91 Å². The number of amides is 1. The van der Waals surface area contributed by atoms with E-state index in [0.717, 1.165) is 43.2 Å². The quantitative estimate of drug-likeness (QED) is 0.588. The number of carbonyl (C=O) groups excluding carboxylic acids is 1. The van der Waals surface area contributed by atoms with E-state index in [1.54, 1.807) is 7.11 Å². The van der Waals surface area contributed by atoms with Gasteiger partial charge in [0.25, 0.3) is 0 Å². The lowest BCUT2D eigenvalue weighted by molar-refractivity contribution is -0.145. The number of benzene rings is 1. The number of nitrogens with zero attached hydrogens (tertiary/aromatic N) is 3. The van der Waals surface area contributed by atoms with Gasteiger partial charge in [-0.3, -0.25) is 14.6 Å². The van der Waals surface area contributed by atoms with Crippen LogP contribution in [0.3, 0.4) is 0 Å². The summed E-state index contributed by atoms with van der Waals surface area (Å²) < 4.78 is 13.0. The van der Waals surface area contributed by atoms with Crippen molar-refractivity contribution in [1.29, 1.82) is 0 Å². The van der Waals surface area contributed by atoms with E-state index in [4.69, 9.17) is 9.47 Å². The summed E-state index contributed by atoms with van der Waals surface area (Å²) in [5.41, 5.74) is 3.20. The molecule has 7 fully saturated rings. The second-order valence-corrected chi connectivity index (χ2v) is 14.1. The van der Waals surface area contributed by atoms with E-state index in [9.17, 15) is 4.79 Å². The fourth-order valence-corrected chi connectivity index (χ4v) is 11.2. The van der Waals surface area contributed by atoms with Crippen LogP contribution in [0.2, 0.25) is 0 Å². The molecule has 6 nitrogen and oxygen atoms in total. The first-order chi connectivity index (χ1) is 18.6. The first-order valence-corrected chi connectivity index (χ1v) is 15.8. The fraction of sp³-hybridized carbons (Fsp3) is 0.781. The lowest BCUT2D eigenvalue weighted by Gasteiger charge is -2.66. The number of rotatable bonds is 5. The normalized spacial score (nSPS) is 42.6. The number of methoxy groups -OCH3 is 1. The van der Waals surface area contributed by atoms with Gasteiger partial charge in [-0.1, -0.05) is 12.5 Å². The van der Waals surface area contributed by atoms with Gasteiger partial charge in [-0.15, -0.1) is 0 Å². The topological polar surface area (TPSA) is 45.3 Å². The molecular weight excluding hydrogens is 474 g/mol. The molecule has 6 heterocycles. The van der Waals surface area contributed by atoms with E-state index in [-0.39, 0.29) is 23.0 Å². The molecule has 3 aliphatic carbocycles. The molecule has 0 N–H and O–H groups in total. The Balaban J connectivity index is 1.13. The number of ether oxygens (including phenoxy) is 2. The summed E-state index contributed by atoms with van der Waals surface area (Å²) in [4.78, 5) is 22.0. The maximum atomic E-state index is 14.2. The Hall–Kier alpha value is -1.79. The van der Waals surface area contributed by atoms with Crippen molar-refractivity contribution in [3.8, 4) is 11.5 Å². The molecule has 38 heavy (non-hydrogen) atoms. The Labute approximate surface area is 227 Å². The van der Waals surface area contributed by atoms with Gasteiger partial charge >= 0.3 is 0 Å². The molecule has 0 radical (unpaired) electrons. The van der Waals surface area contributed by atoms with Gasteiger partial charge in [0.15, 0.2) is 11.5 Å². The molecule has 7 atom stereocenters. The van der Waals surface area contributed by atoms with Crippen LogP contribution in [0.1, 0.15) is 81.8 Å². The van der Waals surface area contributed by atoms with Gasteiger partial charge in [-0.2, -0.15) is 0 Å². The standard InChI is InChI=1S/C32H43N3O3/c1-37-25-10-7-21-17-26-31-12-11-24(34(16-13-31)27(36)19-35-22-3-2-4-23(35)9-8-22)30-32(31,28(21)29(25)38-30)14-15-33(26)18-20-5-6-20/h7,10,20,22-24,26,30H,2-6,8-9,11-19H2,1H3/t22?,23?,24-,26+,30+,31-,32+/m1/s1. The lowest BCUT2D eigenvalue weighted by atomic mass is 9.42. The SMILES string of the molecule is COc1ccc2c3c1O[C@H]1[C@H]4CC[C@@]5(CCN4C(=O)CN4C6CCCC4CC6)[C@H](C2)N(CC2CC2)CC[C@]315. The maximum Gasteiger partial charge on any atom is 0.237 e. The van der Waals surface area contributed by atoms with Gasteiger partial charge in [0, 0.05) is 47.6 Å². The molecule has 9 aliphatic rings. The zero-order valence-corrected chi connectivity index (χ0v) is 23.0. The molecule has 10 rings (SSSR count). The Kier molecular flexibility index (Phi) is 4.78. The van der Waals surface area contributed by atoms with Crippen molar-refractivity contribution in [3.05, 3.63) is 23.3 Å². The van der Waals surface area contributed by atoms with Gasteiger partial charge in [-0.25, -0.2) is 0 Å². The highest BCUT2D eigenvalue weighted by Gasteiger charge is 2.74. The highest BCUT2D eigenvalue weighted by atomic mass is 16.5. The third-order valence-electron chi connectivity index (χ3n) is 12.9. The van der Waals surface area contributed by atoms with Crippen LogP contribution in [0.15, 0.2) is 12.1 Å². The molecule has 1 aromatic rings.